The minimum Gasteiger partial charge on any atom is -0.326 e. The van der Waals surface area contributed by atoms with E-state index in [0.29, 0.717) is 5.25 Å². The van der Waals surface area contributed by atoms with Gasteiger partial charge in [-0.2, -0.15) is 0 Å². The molecule has 0 aromatic heterocycles. The van der Waals surface area contributed by atoms with Gasteiger partial charge in [0.25, 0.3) is 0 Å². The fourth-order valence-corrected chi connectivity index (χ4v) is 6.17. The van der Waals surface area contributed by atoms with Gasteiger partial charge in [-0.1, -0.05) is 40.0 Å². The van der Waals surface area contributed by atoms with Crippen molar-refractivity contribution in [2.45, 2.75) is 82.3 Å². The molecule has 0 saturated heterocycles. The van der Waals surface area contributed by atoms with Gasteiger partial charge in [-0.3, -0.25) is 4.21 Å². The monoisotopic (exact) mass is 271 g/mol. The predicted molar refractivity (Wildman–Crippen MR) is 79.0 cm³/mol. The minimum absolute atomic E-state index is 0.115. The van der Waals surface area contributed by atoms with Crippen LogP contribution >= 0.6 is 0 Å². The normalized spacial score (nSPS) is 42.4. The third kappa shape index (κ3) is 2.98. The molecule has 5 unspecified atom stereocenters. The number of rotatable bonds is 2. The fourth-order valence-electron chi connectivity index (χ4n) is 3.71. The van der Waals surface area contributed by atoms with Crippen LogP contribution in [0, 0.1) is 11.3 Å². The molecule has 2 nitrogen and oxygen atoms in total. The summed E-state index contributed by atoms with van der Waals surface area (Å²) in [5.41, 5.74) is 6.57. The first-order valence-electron chi connectivity index (χ1n) is 7.57. The molecule has 0 amide bonds. The van der Waals surface area contributed by atoms with E-state index >= 15 is 0 Å². The second kappa shape index (κ2) is 5.62. The molecule has 0 spiro atoms. The molecule has 2 rings (SSSR count). The summed E-state index contributed by atoms with van der Waals surface area (Å²) in [6.45, 7) is 6.78. The molecule has 2 fully saturated rings. The molecule has 0 radical (unpaired) electrons. The molecule has 5 atom stereocenters. The van der Waals surface area contributed by atoms with E-state index in [0.717, 1.165) is 25.2 Å². The van der Waals surface area contributed by atoms with Crippen molar-refractivity contribution in [2.24, 2.45) is 17.1 Å². The highest BCUT2D eigenvalue weighted by molar-refractivity contribution is 7.86. The average molecular weight is 271 g/mol. The van der Waals surface area contributed by atoms with Gasteiger partial charge in [0.2, 0.25) is 0 Å². The maximum absolute atomic E-state index is 12.8. The third-order valence-corrected chi connectivity index (χ3v) is 7.34. The van der Waals surface area contributed by atoms with Crippen molar-refractivity contribution >= 4 is 10.8 Å². The Labute approximate surface area is 115 Å². The van der Waals surface area contributed by atoms with E-state index < -0.39 is 10.8 Å². The topological polar surface area (TPSA) is 43.1 Å². The summed E-state index contributed by atoms with van der Waals surface area (Å²) in [6, 6.07) is 0.115. The fraction of sp³-hybridized carbons (Fsp3) is 1.00. The lowest BCUT2D eigenvalue weighted by molar-refractivity contribution is 0.205. The van der Waals surface area contributed by atoms with Gasteiger partial charge in [0.05, 0.1) is 5.25 Å². The third-order valence-electron chi connectivity index (χ3n) is 5.13. The number of hydrogen-bond acceptors (Lipinski definition) is 2. The zero-order valence-electron chi connectivity index (χ0n) is 12.2. The lowest BCUT2D eigenvalue weighted by Gasteiger charge is -2.43. The molecular weight excluding hydrogens is 242 g/mol. The number of hydrogen-bond donors (Lipinski definition) is 1. The van der Waals surface area contributed by atoms with Gasteiger partial charge in [0.15, 0.2) is 0 Å². The van der Waals surface area contributed by atoms with Crippen LogP contribution < -0.4 is 5.73 Å². The molecule has 2 saturated carbocycles. The predicted octanol–water partition coefficient (Wildman–Crippen LogP) is 3.22. The van der Waals surface area contributed by atoms with Crippen molar-refractivity contribution in [1.82, 2.24) is 0 Å². The van der Waals surface area contributed by atoms with E-state index in [2.05, 4.69) is 20.8 Å². The highest BCUT2D eigenvalue weighted by atomic mass is 32.2. The van der Waals surface area contributed by atoms with Crippen molar-refractivity contribution in [3.8, 4) is 0 Å². The van der Waals surface area contributed by atoms with Crippen molar-refractivity contribution in [2.75, 3.05) is 0 Å². The Balaban J connectivity index is 2.03. The first-order chi connectivity index (χ1) is 8.42. The molecule has 0 bridgehead atoms. The van der Waals surface area contributed by atoms with Crippen LogP contribution in [0.15, 0.2) is 0 Å². The van der Waals surface area contributed by atoms with Gasteiger partial charge in [0.1, 0.15) is 0 Å². The van der Waals surface area contributed by atoms with Gasteiger partial charge >= 0.3 is 0 Å². The molecular formula is C15H29NOS. The zero-order chi connectivity index (χ0) is 13.3. The van der Waals surface area contributed by atoms with E-state index in [-0.39, 0.29) is 16.7 Å². The lowest BCUT2D eigenvalue weighted by Crippen LogP contribution is -2.53. The Bertz CT molecular complexity index is 316. The average Bonchev–Trinajstić information content (AvgIpc) is 2.32. The van der Waals surface area contributed by atoms with Crippen molar-refractivity contribution < 1.29 is 4.21 Å². The van der Waals surface area contributed by atoms with E-state index in [4.69, 9.17) is 5.73 Å². The molecule has 2 aliphatic carbocycles. The Morgan fingerprint density at radius 1 is 1.17 bits per heavy atom. The standard InChI is InChI=1S/C15H29NOS/c1-11-6-4-7-12(10-11)18(17)13-8-5-9-15(2,3)14(13)16/h11-14H,4-10,16H2,1-3H3. The summed E-state index contributed by atoms with van der Waals surface area (Å²) < 4.78 is 12.8. The Morgan fingerprint density at radius 3 is 2.56 bits per heavy atom. The van der Waals surface area contributed by atoms with E-state index in [9.17, 15) is 4.21 Å². The molecule has 0 heterocycles. The van der Waals surface area contributed by atoms with Crippen LogP contribution in [0.2, 0.25) is 0 Å². The summed E-state index contributed by atoms with van der Waals surface area (Å²) in [7, 11) is -0.715. The van der Waals surface area contributed by atoms with Crippen molar-refractivity contribution in [1.29, 1.82) is 0 Å². The van der Waals surface area contributed by atoms with Crippen LogP contribution in [0.4, 0.5) is 0 Å². The van der Waals surface area contributed by atoms with Crippen LogP contribution in [-0.4, -0.2) is 20.8 Å². The molecule has 106 valence electrons. The van der Waals surface area contributed by atoms with Gasteiger partial charge in [0, 0.05) is 22.1 Å². The SMILES string of the molecule is CC1CCCC(S(=O)C2CCCC(C)(C)C2N)C1. The molecule has 0 aromatic carbocycles. The molecule has 3 heteroatoms. The van der Waals surface area contributed by atoms with E-state index in [1.54, 1.807) is 0 Å². The Kier molecular flexibility index (Phi) is 4.53. The van der Waals surface area contributed by atoms with Crippen molar-refractivity contribution in [3.63, 3.8) is 0 Å². The summed E-state index contributed by atoms with van der Waals surface area (Å²) in [4.78, 5) is 0. The maximum Gasteiger partial charge on any atom is 0.0507 e. The smallest absolute Gasteiger partial charge is 0.0507 e. The van der Waals surface area contributed by atoms with Crippen LogP contribution in [0.3, 0.4) is 0 Å². The van der Waals surface area contributed by atoms with E-state index in [1.165, 1.54) is 25.7 Å². The van der Waals surface area contributed by atoms with Gasteiger partial charge in [-0.25, -0.2) is 0 Å². The van der Waals surface area contributed by atoms with Crippen LogP contribution in [0.25, 0.3) is 0 Å². The summed E-state index contributed by atoms with van der Waals surface area (Å²) >= 11 is 0. The van der Waals surface area contributed by atoms with Crippen LogP contribution in [0.5, 0.6) is 0 Å². The molecule has 18 heavy (non-hydrogen) atoms. The summed E-state index contributed by atoms with van der Waals surface area (Å²) in [6.07, 6.45) is 8.32. The lowest BCUT2D eigenvalue weighted by atomic mass is 9.73. The van der Waals surface area contributed by atoms with Crippen LogP contribution in [-0.2, 0) is 10.8 Å². The molecule has 2 N–H and O–H groups in total. The van der Waals surface area contributed by atoms with E-state index in [1.807, 2.05) is 0 Å². The Morgan fingerprint density at radius 2 is 1.89 bits per heavy atom. The second-order valence-corrected chi connectivity index (χ2v) is 9.10. The van der Waals surface area contributed by atoms with Gasteiger partial charge in [-0.15, -0.1) is 0 Å². The van der Waals surface area contributed by atoms with Gasteiger partial charge < -0.3 is 5.73 Å². The first-order valence-corrected chi connectivity index (χ1v) is 8.84. The first kappa shape index (κ1) is 14.5. The van der Waals surface area contributed by atoms with Gasteiger partial charge in [-0.05, 0) is 37.0 Å². The second-order valence-electron chi connectivity index (χ2n) is 7.17. The summed E-state index contributed by atoms with van der Waals surface area (Å²) in [5.74, 6) is 0.750. The molecule has 0 aliphatic heterocycles. The highest BCUT2D eigenvalue weighted by Crippen LogP contribution is 2.39. The zero-order valence-corrected chi connectivity index (χ0v) is 13.0. The molecule has 0 aromatic rings. The largest absolute Gasteiger partial charge is 0.326 e. The summed E-state index contributed by atoms with van der Waals surface area (Å²) in [5, 5.41) is 0.655. The Hall–Kier alpha value is 0.110. The molecule has 2 aliphatic rings. The van der Waals surface area contributed by atoms with Crippen LogP contribution in [0.1, 0.15) is 65.7 Å². The quantitative estimate of drug-likeness (QED) is 0.838. The number of nitrogens with two attached hydrogens (primary N) is 1. The van der Waals surface area contributed by atoms with Crippen molar-refractivity contribution in [3.05, 3.63) is 0 Å². The highest BCUT2D eigenvalue weighted by Gasteiger charge is 2.41. The minimum atomic E-state index is -0.715. The maximum atomic E-state index is 12.8.